The molecule has 0 fully saturated rings. The third-order valence-corrected chi connectivity index (χ3v) is 2.38. The Morgan fingerprint density at radius 3 is 2.71 bits per heavy atom. The topological polar surface area (TPSA) is 17.3 Å². The number of halogens is 4. The molecular weight excluding hydrogens is 261 g/mol. The first-order chi connectivity index (χ1) is 6.50. The molecule has 74 valence electrons. The zero-order chi connectivity index (χ0) is 10.3. The normalized spacial score (nSPS) is 12.3. The van der Waals surface area contributed by atoms with Gasteiger partial charge in [0, 0.05) is 6.20 Å². The van der Waals surface area contributed by atoms with Crippen molar-refractivity contribution in [2.75, 3.05) is 0 Å². The summed E-state index contributed by atoms with van der Waals surface area (Å²) in [4.78, 5) is 3.68. The second-order valence-electron chi connectivity index (χ2n) is 2.69. The standard InChI is InChI=1S/C8H4BrF3N2/c9-6-4-13-7-5(8(10,11)12)2-1-3-14(6)7/h1-4H. The Labute approximate surface area is 85.5 Å². The van der Waals surface area contributed by atoms with E-state index < -0.39 is 11.7 Å². The van der Waals surface area contributed by atoms with Gasteiger partial charge in [-0.25, -0.2) is 4.98 Å². The van der Waals surface area contributed by atoms with E-state index in [0.717, 1.165) is 6.07 Å². The molecule has 0 atom stereocenters. The maximum Gasteiger partial charge on any atom is 0.419 e. The van der Waals surface area contributed by atoms with Crippen molar-refractivity contribution in [2.24, 2.45) is 0 Å². The lowest BCUT2D eigenvalue weighted by Gasteiger charge is -2.07. The maximum absolute atomic E-state index is 12.5. The van der Waals surface area contributed by atoms with E-state index >= 15 is 0 Å². The van der Waals surface area contributed by atoms with Crippen molar-refractivity contribution < 1.29 is 13.2 Å². The van der Waals surface area contributed by atoms with Gasteiger partial charge in [0.1, 0.15) is 10.3 Å². The maximum atomic E-state index is 12.5. The van der Waals surface area contributed by atoms with Crippen LogP contribution in [0.4, 0.5) is 13.2 Å². The fourth-order valence-corrected chi connectivity index (χ4v) is 1.59. The molecule has 0 aromatic carbocycles. The zero-order valence-electron chi connectivity index (χ0n) is 6.72. The minimum atomic E-state index is -4.37. The summed E-state index contributed by atoms with van der Waals surface area (Å²) >= 11 is 3.10. The largest absolute Gasteiger partial charge is 0.419 e. The summed E-state index contributed by atoms with van der Waals surface area (Å²) < 4.78 is 39.2. The molecule has 0 bridgehead atoms. The molecular formula is C8H4BrF3N2. The van der Waals surface area contributed by atoms with Gasteiger partial charge in [0.05, 0.1) is 11.8 Å². The molecule has 0 amide bonds. The lowest BCUT2D eigenvalue weighted by molar-refractivity contribution is -0.136. The number of fused-ring (bicyclic) bond motifs is 1. The molecule has 2 heterocycles. The summed E-state index contributed by atoms with van der Waals surface area (Å²) in [6.07, 6.45) is -1.51. The summed E-state index contributed by atoms with van der Waals surface area (Å²) in [6, 6.07) is 2.34. The van der Waals surface area contributed by atoms with Crippen molar-refractivity contribution in [3.8, 4) is 0 Å². The number of aromatic nitrogens is 2. The number of hydrogen-bond donors (Lipinski definition) is 0. The minimum Gasteiger partial charge on any atom is -0.294 e. The Kier molecular flexibility index (Phi) is 2.02. The first-order valence-corrected chi connectivity index (χ1v) is 4.48. The fourth-order valence-electron chi connectivity index (χ4n) is 1.20. The molecule has 2 nitrogen and oxygen atoms in total. The summed E-state index contributed by atoms with van der Waals surface area (Å²) in [7, 11) is 0. The minimum absolute atomic E-state index is 0.0909. The lowest BCUT2D eigenvalue weighted by atomic mass is 10.2. The lowest BCUT2D eigenvalue weighted by Crippen LogP contribution is -2.07. The highest BCUT2D eigenvalue weighted by Gasteiger charge is 2.33. The van der Waals surface area contributed by atoms with Crippen molar-refractivity contribution >= 4 is 21.6 Å². The SMILES string of the molecule is FC(F)(F)c1cccn2c(Br)cnc12. The van der Waals surface area contributed by atoms with Gasteiger partial charge in [0.2, 0.25) is 0 Å². The van der Waals surface area contributed by atoms with Crippen molar-refractivity contribution in [1.82, 2.24) is 9.38 Å². The van der Waals surface area contributed by atoms with E-state index in [2.05, 4.69) is 20.9 Å². The molecule has 2 aromatic heterocycles. The van der Waals surface area contributed by atoms with Crippen LogP contribution in [-0.2, 0) is 6.18 Å². The van der Waals surface area contributed by atoms with Crippen LogP contribution in [0.15, 0.2) is 29.1 Å². The van der Waals surface area contributed by atoms with Gasteiger partial charge in [-0.15, -0.1) is 0 Å². The van der Waals surface area contributed by atoms with E-state index in [1.54, 1.807) is 0 Å². The Hall–Kier alpha value is -1.04. The predicted molar refractivity (Wildman–Crippen MR) is 47.9 cm³/mol. The van der Waals surface area contributed by atoms with Crippen LogP contribution in [-0.4, -0.2) is 9.38 Å². The quantitative estimate of drug-likeness (QED) is 0.715. The van der Waals surface area contributed by atoms with Gasteiger partial charge in [-0.1, -0.05) is 0 Å². The molecule has 0 unspecified atom stereocenters. The Morgan fingerprint density at radius 1 is 1.36 bits per heavy atom. The van der Waals surface area contributed by atoms with Crippen molar-refractivity contribution in [2.45, 2.75) is 6.18 Å². The third kappa shape index (κ3) is 1.39. The van der Waals surface area contributed by atoms with Crippen LogP contribution in [0.1, 0.15) is 5.56 Å². The van der Waals surface area contributed by atoms with Crippen LogP contribution < -0.4 is 0 Å². The number of imidazole rings is 1. The molecule has 0 aliphatic rings. The number of rotatable bonds is 0. The molecule has 0 radical (unpaired) electrons. The monoisotopic (exact) mass is 264 g/mol. The predicted octanol–water partition coefficient (Wildman–Crippen LogP) is 3.12. The highest BCUT2D eigenvalue weighted by atomic mass is 79.9. The Balaban J connectivity index is 2.79. The third-order valence-electron chi connectivity index (χ3n) is 1.80. The number of nitrogens with zero attached hydrogens (tertiary/aromatic N) is 2. The van der Waals surface area contributed by atoms with Crippen molar-refractivity contribution in [3.05, 3.63) is 34.7 Å². The molecule has 0 N–H and O–H groups in total. The molecule has 0 saturated heterocycles. The van der Waals surface area contributed by atoms with Gasteiger partial charge < -0.3 is 0 Å². The summed E-state index contributed by atoms with van der Waals surface area (Å²) in [6.45, 7) is 0. The second-order valence-corrected chi connectivity index (χ2v) is 3.51. The fraction of sp³-hybridized carbons (Fsp3) is 0.125. The molecule has 14 heavy (non-hydrogen) atoms. The number of alkyl halides is 3. The zero-order valence-corrected chi connectivity index (χ0v) is 8.30. The average molecular weight is 265 g/mol. The van der Waals surface area contributed by atoms with Gasteiger partial charge in [-0.3, -0.25) is 4.40 Å². The van der Waals surface area contributed by atoms with E-state index in [9.17, 15) is 13.2 Å². The van der Waals surface area contributed by atoms with E-state index in [1.165, 1.54) is 22.9 Å². The van der Waals surface area contributed by atoms with Gasteiger partial charge in [-0.2, -0.15) is 13.2 Å². The Bertz CT molecular complexity index is 475. The van der Waals surface area contributed by atoms with Crippen LogP contribution in [0.5, 0.6) is 0 Å². The van der Waals surface area contributed by atoms with Gasteiger partial charge >= 0.3 is 6.18 Å². The van der Waals surface area contributed by atoms with Crippen LogP contribution >= 0.6 is 15.9 Å². The van der Waals surface area contributed by atoms with Crippen LogP contribution in [0.2, 0.25) is 0 Å². The Morgan fingerprint density at radius 2 is 2.07 bits per heavy atom. The number of pyridine rings is 1. The highest BCUT2D eigenvalue weighted by Crippen LogP contribution is 2.32. The molecule has 2 aromatic rings. The molecule has 0 saturated carbocycles. The molecule has 6 heteroatoms. The van der Waals surface area contributed by atoms with Crippen LogP contribution in [0.25, 0.3) is 5.65 Å². The highest BCUT2D eigenvalue weighted by molar-refractivity contribution is 9.10. The summed E-state index contributed by atoms with van der Waals surface area (Å²) in [5, 5.41) is 0. The van der Waals surface area contributed by atoms with Gasteiger partial charge in [0.15, 0.2) is 0 Å². The summed E-state index contributed by atoms with van der Waals surface area (Å²) in [5.74, 6) is 0. The number of hydrogen-bond acceptors (Lipinski definition) is 1. The van der Waals surface area contributed by atoms with E-state index in [0.29, 0.717) is 4.60 Å². The molecule has 2 rings (SSSR count). The first-order valence-electron chi connectivity index (χ1n) is 3.69. The van der Waals surface area contributed by atoms with E-state index in [1.807, 2.05) is 0 Å². The summed E-state index contributed by atoms with van der Waals surface area (Å²) in [5.41, 5.74) is -0.822. The molecule has 0 spiro atoms. The van der Waals surface area contributed by atoms with Crippen LogP contribution in [0.3, 0.4) is 0 Å². The van der Waals surface area contributed by atoms with Crippen molar-refractivity contribution in [3.63, 3.8) is 0 Å². The molecule has 0 aliphatic heterocycles. The van der Waals surface area contributed by atoms with Crippen LogP contribution in [0, 0.1) is 0 Å². The van der Waals surface area contributed by atoms with E-state index in [4.69, 9.17) is 0 Å². The van der Waals surface area contributed by atoms with Gasteiger partial charge in [0.25, 0.3) is 0 Å². The smallest absolute Gasteiger partial charge is 0.294 e. The van der Waals surface area contributed by atoms with Crippen molar-refractivity contribution in [1.29, 1.82) is 0 Å². The average Bonchev–Trinajstić information content (AvgIpc) is 2.46. The first kappa shape index (κ1) is 9.51. The molecule has 0 aliphatic carbocycles. The van der Waals surface area contributed by atoms with E-state index in [-0.39, 0.29) is 5.65 Å². The second kappa shape index (κ2) is 2.98. The van der Waals surface area contributed by atoms with Gasteiger partial charge in [-0.05, 0) is 28.1 Å².